The van der Waals surface area contributed by atoms with Crippen LogP contribution in [-0.4, -0.2) is 34.8 Å². The van der Waals surface area contributed by atoms with E-state index in [0.717, 1.165) is 48.1 Å². The van der Waals surface area contributed by atoms with Crippen molar-refractivity contribution in [3.63, 3.8) is 0 Å². The highest BCUT2D eigenvalue weighted by Crippen LogP contribution is 2.20. The van der Waals surface area contributed by atoms with Crippen LogP contribution in [0.3, 0.4) is 0 Å². The number of rotatable bonds is 5. The molecule has 1 fully saturated rings. The molecule has 1 atom stereocenters. The SMILES string of the molecule is Cc1cc(C(=O)NN[C@H](C(=O)N2CCCC2)c2ccccc2)c2ccccc2n1. The van der Waals surface area contributed by atoms with Crippen molar-refractivity contribution < 1.29 is 9.59 Å². The van der Waals surface area contributed by atoms with Gasteiger partial charge < -0.3 is 4.90 Å². The van der Waals surface area contributed by atoms with E-state index in [1.807, 2.05) is 66.4 Å². The van der Waals surface area contributed by atoms with Gasteiger partial charge in [-0.05, 0) is 37.5 Å². The quantitative estimate of drug-likeness (QED) is 0.659. The topological polar surface area (TPSA) is 74.3 Å². The molecule has 0 bridgehead atoms. The summed E-state index contributed by atoms with van der Waals surface area (Å²) in [4.78, 5) is 32.4. The summed E-state index contributed by atoms with van der Waals surface area (Å²) in [6, 6.07) is 18.1. The number of fused-ring (bicyclic) bond motifs is 1. The van der Waals surface area contributed by atoms with Crippen LogP contribution in [0.25, 0.3) is 10.9 Å². The van der Waals surface area contributed by atoms with Gasteiger partial charge in [-0.2, -0.15) is 0 Å². The number of likely N-dealkylation sites (tertiary alicyclic amines) is 1. The van der Waals surface area contributed by atoms with Crippen LogP contribution in [0.5, 0.6) is 0 Å². The van der Waals surface area contributed by atoms with E-state index >= 15 is 0 Å². The van der Waals surface area contributed by atoms with Crippen molar-refractivity contribution in [2.24, 2.45) is 0 Å². The molecule has 2 amide bonds. The Hall–Kier alpha value is -3.25. The average molecular weight is 388 g/mol. The number of aryl methyl sites for hydroxylation is 1. The molecule has 3 aromatic rings. The smallest absolute Gasteiger partial charge is 0.266 e. The Morgan fingerprint density at radius 2 is 1.69 bits per heavy atom. The van der Waals surface area contributed by atoms with Gasteiger partial charge in [0.1, 0.15) is 6.04 Å². The molecule has 29 heavy (non-hydrogen) atoms. The summed E-state index contributed by atoms with van der Waals surface area (Å²) in [5.74, 6) is -0.313. The lowest BCUT2D eigenvalue weighted by molar-refractivity contribution is -0.132. The Labute approximate surface area is 169 Å². The second-order valence-corrected chi connectivity index (χ2v) is 7.30. The summed E-state index contributed by atoms with van der Waals surface area (Å²) >= 11 is 0. The fourth-order valence-electron chi connectivity index (χ4n) is 3.75. The molecule has 2 heterocycles. The third-order valence-corrected chi connectivity index (χ3v) is 5.22. The second-order valence-electron chi connectivity index (χ2n) is 7.30. The van der Waals surface area contributed by atoms with E-state index in [1.54, 1.807) is 6.07 Å². The van der Waals surface area contributed by atoms with E-state index in [1.165, 1.54) is 0 Å². The van der Waals surface area contributed by atoms with Gasteiger partial charge in [-0.3, -0.25) is 20.0 Å². The number of hydrogen-bond acceptors (Lipinski definition) is 4. The van der Waals surface area contributed by atoms with Crippen LogP contribution in [-0.2, 0) is 4.79 Å². The number of carbonyl (C=O) groups is 2. The number of hydrogen-bond donors (Lipinski definition) is 2. The first-order chi connectivity index (χ1) is 14.1. The standard InChI is InChI=1S/C23H24N4O2/c1-16-15-19(18-11-5-6-12-20(18)24-16)22(28)26-25-21(17-9-3-2-4-10-17)23(29)27-13-7-8-14-27/h2-6,9-12,15,21,25H,7-8,13-14H2,1H3,(H,26,28)/t21-/m0/s1. The maximum absolute atomic E-state index is 13.1. The fourth-order valence-corrected chi connectivity index (χ4v) is 3.75. The van der Waals surface area contributed by atoms with Crippen molar-refractivity contribution in [1.29, 1.82) is 0 Å². The fraction of sp³-hybridized carbons (Fsp3) is 0.261. The minimum Gasteiger partial charge on any atom is -0.341 e. The molecule has 0 spiro atoms. The molecule has 148 valence electrons. The Morgan fingerprint density at radius 1 is 1.00 bits per heavy atom. The predicted molar refractivity (Wildman–Crippen MR) is 112 cm³/mol. The maximum atomic E-state index is 13.1. The van der Waals surface area contributed by atoms with E-state index in [2.05, 4.69) is 15.8 Å². The molecule has 2 N–H and O–H groups in total. The zero-order valence-corrected chi connectivity index (χ0v) is 16.4. The first-order valence-corrected chi connectivity index (χ1v) is 9.89. The van der Waals surface area contributed by atoms with Gasteiger partial charge in [-0.25, -0.2) is 5.43 Å². The molecule has 0 unspecified atom stereocenters. The van der Waals surface area contributed by atoms with Gasteiger partial charge in [-0.15, -0.1) is 0 Å². The van der Waals surface area contributed by atoms with E-state index in [-0.39, 0.29) is 11.8 Å². The molecule has 1 aliphatic rings. The zero-order chi connectivity index (χ0) is 20.2. The van der Waals surface area contributed by atoms with Crippen LogP contribution >= 0.6 is 0 Å². The first-order valence-electron chi connectivity index (χ1n) is 9.89. The van der Waals surface area contributed by atoms with Crippen molar-refractivity contribution in [1.82, 2.24) is 20.7 Å². The Morgan fingerprint density at radius 3 is 2.45 bits per heavy atom. The summed E-state index contributed by atoms with van der Waals surface area (Å²) < 4.78 is 0. The number of nitrogens with one attached hydrogen (secondary N) is 2. The molecule has 1 aliphatic heterocycles. The van der Waals surface area contributed by atoms with E-state index in [0.29, 0.717) is 5.56 Å². The number of carbonyl (C=O) groups excluding carboxylic acids is 2. The summed E-state index contributed by atoms with van der Waals surface area (Å²) in [7, 11) is 0. The molecule has 1 saturated heterocycles. The monoisotopic (exact) mass is 388 g/mol. The highest BCUT2D eigenvalue weighted by atomic mass is 16.2. The van der Waals surface area contributed by atoms with Gasteiger partial charge in [0.15, 0.2) is 0 Å². The molecule has 0 radical (unpaired) electrons. The molecule has 2 aromatic carbocycles. The average Bonchev–Trinajstić information content (AvgIpc) is 3.28. The maximum Gasteiger partial charge on any atom is 0.266 e. The van der Waals surface area contributed by atoms with Crippen molar-refractivity contribution in [3.05, 3.63) is 77.5 Å². The number of aromatic nitrogens is 1. The van der Waals surface area contributed by atoms with Gasteiger partial charge in [0.2, 0.25) is 5.91 Å². The lowest BCUT2D eigenvalue weighted by Crippen LogP contribution is -2.47. The lowest BCUT2D eigenvalue weighted by atomic mass is 10.1. The Bertz CT molecular complexity index is 1030. The number of nitrogens with zero attached hydrogens (tertiary/aromatic N) is 2. The Balaban J connectivity index is 1.57. The van der Waals surface area contributed by atoms with Crippen molar-refractivity contribution >= 4 is 22.7 Å². The van der Waals surface area contributed by atoms with Crippen molar-refractivity contribution in [2.75, 3.05) is 13.1 Å². The number of hydrazine groups is 1. The van der Waals surface area contributed by atoms with E-state index in [4.69, 9.17) is 0 Å². The summed E-state index contributed by atoms with van der Waals surface area (Å²) in [6.07, 6.45) is 2.03. The van der Waals surface area contributed by atoms with Crippen LogP contribution in [0, 0.1) is 6.92 Å². The van der Waals surface area contributed by atoms with Gasteiger partial charge in [0.25, 0.3) is 5.91 Å². The third-order valence-electron chi connectivity index (χ3n) is 5.22. The largest absolute Gasteiger partial charge is 0.341 e. The van der Waals surface area contributed by atoms with Crippen LogP contribution < -0.4 is 10.9 Å². The number of pyridine rings is 1. The van der Waals surface area contributed by atoms with Crippen LogP contribution in [0.2, 0.25) is 0 Å². The number of amides is 2. The zero-order valence-electron chi connectivity index (χ0n) is 16.4. The van der Waals surface area contributed by atoms with Crippen molar-refractivity contribution in [3.8, 4) is 0 Å². The number of benzene rings is 2. The molecule has 0 aliphatic carbocycles. The normalized spacial score (nSPS) is 14.7. The molecular weight excluding hydrogens is 364 g/mol. The van der Waals surface area contributed by atoms with Gasteiger partial charge in [0, 0.05) is 24.2 Å². The van der Waals surface area contributed by atoms with Crippen molar-refractivity contribution in [2.45, 2.75) is 25.8 Å². The molecule has 0 saturated carbocycles. The van der Waals surface area contributed by atoms with E-state index in [9.17, 15) is 9.59 Å². The third kappa shape index (κ3) is 4.12. The summed E-state index contributed by atoms with van der Waals surface area (Å²) in [6.45, 7) is 3.37. The summed E-state index contributed by atoms with van der Waals surface area (Å²) in [5, 5.41) is 0.777. The lowest BCUT2D eigenvalue weighted by Gasteiger charge is -2.24. The second kappa shape index (κ2) is 8.41. The number of para-hydroxylation sites is 1. The van der Waals surface area contributed by atoms with Gasteiger partial charge >= 0.3 is 0 Å². The molecular formula is C23H24N4O2. The molecule has 4 rings (SSSR count). The van der Waals surface area contributed by atoms with Crippen LogP contribution in [0.1, 0.15) is 40.5 Å². The van der Waals surface area contributed by atoms with Gasteiger partial charge in [0.05, 0.1) is 11.1 Å². The predicted octanol–water partition coefficient (Wildman–Crippen LogP) is 3.14. The minimum atomic E-state index is -0.632. The molecule has 6 heteroatoms. The highest BCUT2D eigenvalue weighted by molar-refractivity contribution is 6.06. The highest BCUT2D eigenvalue weighted by Gasteiger charge is 2.28. The first kappa shape index (κ1) is 19.1. The van der Waals surface area contributed by atoms with E-state index < -0.39 is 6.04 Å². The van der Waals surface area contributed by atoms with Crippen LogP contribution in [0.4, 0.5) is 0 Å². The Kier molecular flexibility index (Phi) is 5.53. The molecule has 1 aromatic heterocycles. The summed E-state index contributed by atoms with van der Waals surface area (Å²) in [5.41, 5.74) is 8.62. The van der Waals surface area contributed by atoms with Crippen LogP contribution in [0.15, 0.2) is 60.7 Å². The molecule has 6 nitrogen and oxygen atoms in total. The minimum absolute atomic E-state index is 0.0234. The van der Waals surface area contributed by atoms with Gasteiger partial charge in [-0.1, -0.05) is 48.5 Å².